The molecule has 4 rings (SSSR count). The number of amides is 1. The van der Waals surface area contributed by atoms with E-state index in [1.807, 2.05) is 54.6 Å². The van der Waals surface area contributed by atoms with E-state index in [9.17, 15) is 4.79 Å². The number of rotatable bonds is 4. The van der Waals surface area contributed by atoms with Crippen molar-refractivity contribution in [2.24, 2.45) is 0 Å². The fraction of sp³-hybridized carbons (Fsp3) is 0.250. The van der Waals surface area contributed by atoms with E-state index in [-0.39, 0.29) is 18.6 Å². The summed E-state index contributed by atoms with van der Waals surface area (Å²) in [5, 5.41) is 8.29. The molecule has 3 aromatic rings. The third kappa shape index (κ3) is 3.98. The summed E-state index contributed by atoms with van der Waals surface area (Å²) in [6, 6.07) is 17.4. The molecule has 6 nitrogen and oxygen atoms in total. The number of thioether (sulfide) groups is 1. The molecule has 138 valence electrons. The second-order valence-corrected chi connectivity index (χ2v) is 7.74. The molecular formula is C20H19N3O3S. The van der Waals surface area contributed by atoms with Crippen LogP contribution in [0.2, 0.25) is 0 Å². The molecular weight excluding hydrogens is 362 g/mol. The SMILES string of the molecule is CC1CCN(C(=O)COc2nnc(-c3ccccc3)o2)c2ccccc2S1. The van der Waals surface area contributed by atoms with Crippen LogP contribution in [0.25, 0.3) is 11.5 Å². The summed E-state index contributed by atoms with van der Waals surface area (Å²) in [6.07, 6.45) is 0.914. The first-order chi connectivity index (χ1) is 13.2. The lowest BCUT2D eigenvalue weighted by Crippen LogP contribution is -2.36. The Morgan fingerprint density at radius 1 is 1.19 bits per heavy atom. The van der Waals surface area contributed by atoms with Crippen molar-refractivity contribution < 1.29 is 13.9 Å². The van der Waals surface area contributed by atoms with Gasteiger partial charge in [-0.2, -0.15) is 0 Å². The van der Waals surface area contributed by atoms with Crippen molar-refractivity contribution in [1.82, 2.24) is 10.2 Å². The number of benzene rings is 2. The standard InChI is InChI=1S/C20H19N3O3S/c1-14-11-12-23(16-9-5-6-10-17(16)27-14)18(24)13-25-20-22-21-19(26-20)15-7-3-2-4-8-15/h2-10,14H,11-13H2,1H3. The number of hydrogen-bond acceptors (Lipinski definition) is 6. The molecule has 0 spiro atoms. The van der Waals surface area contributed by atoms with Crippen LogP contribution < -0.4 is 9.64 Å². The number of fused-ring (bicyclic) bond motifs is 1. The summed E-state index contributed by atoms with van der Waals surface area (Å²) in [7, 11) is 0. The quantitative estimate of drug-likeness (QED) is 0.680. The van der Waals surface area contributed by atoms with Crippen molar-refractivity contribution in [1.29, 1.82) is 0 Å². The lowest BCUT2D eigenvalue weighted by molar-refractivity contribution is -0.121. The molecule has 1 amide bonds. The summed E-state index contributed by atoms with van der Waals surface area (Å²) in [5.74, 6) is 0.236. The van der Waals surface area contributed by atoms with Gasteiger partial charge in [-0.1, -0.05) is 42.4 Å². The van der Waals surface area contributed by atoms with Gasteiger partial charge in [0.05, 0.1) is 5.69 Å². The van der Waals surface area contributed by atoms with E-state index < -0.39 is 0 Å². The Kier molecular flexibility index (Phi) is 5.11. The molecule has 1 aromatic heterocycles. The fourth-order valence-corrected chi connectivity index (χ4v) is 4.03. The van der Waals surface area contributed by atoms with Gasteiger partial charge in [0.15, 0.2) is 6.61 Å². The minimum Gasteiger partial charge on any atom is -0.439 e. The van der Waals surface area contributed by atoms with E-state index in [0.717, 1.165) is 22.6 Å². The van der Waals surface area contributed by atoms with Crippen LogP contribution in [0, 0.1) is 0 Å². The Hall–Kier alpha value is -2.80. The van der Waals surface area contributed by atoms with E-state index in [1.165, 1.54) is 0 Å². The third-order valence-electron chi connectivity index (χ3n) is 4.29. The van der Waals surface area contributed by atoms with Crippen molar-refractivity contribution in [2.75, 3.05) is 18.1 Å². The molecule has 0 fully saturated rings. The maximum Gasteiger partial charge on any atom is 0.415 e. The van der Waals surface area contributed by atoms with Crippen molar-refractivity contribution in [3.63, 3.8) is 0 Å². The highest BCUT2D eigenvalue weighted by atomic mass is 32.2. The summed E-state index contributed by atoms with van der Waals surface area (Å²) >= 11 is 1.79. The maximum atomic E-state index is 12.8. The molecule has 0 aliphatic carbocycles. The molecule has 2 heterocycles. The highest BCUT2D eigenvalue weighted by Gasteiger charge is 2.24. The molecule has 1 unspecified atom stereocenters. The average Bonchev–Trinajstić information content (AvgIpc) is 3.10. The number of hydrogen-bond donors (Lipinski definition) is 0. The zero-order chi connectivity index (χ0) is 18.6. The second kappa shape index (κ2) is 7.84. The number of aromatic nitrogens is 2. The van der Waals surface area contributed by atoms with Gasteiger partial charge >= 0.3 is 6.08 Å². The molecule has 1 atom stereocenters. The Labute approximate surface area is 161 Å². The number of carbonyl (C=O) groups is 1. The van der Waals surface area contributed by atoms with Gasteiger partial charge in [0.1, 0.15) is 0 Å². The van der Waals surface area contributed by atoms with Crippen molar-refractivity contribution in [2.45, 2.75) is 23.5 Å². The predicted molar refractivity (Wildman–Crippen MR) is 104 cm³/mol. The zero-order valence-electron chi connectivity index (χ0n) is 14.9. The number of carbonyl (C=O) groups excluding carboxylic acids is 1. The molecule has 0 saturated heterocycles. The molecule has 2 aromatic carbocycles. The number of para-hydroxylation sites is 1. The van der Waals surface area contributed by atoms with E-state index in [1.54, 1.807) is 16.7 Å². The van der Waals surface area contributed by atoms with E-state index in [2.05, 4.69) is 17.1 Å². The van der Waals surface area contributed by atoms with Crippen LogP contribution in [0.5, 0.6) is 6.08 Å². The molecule has 0 bridgehead atoms. The van der Waals surface area contributed by atoms with Crippen LogP contribution in [-0.2, 0) is 4.79 Å². The van der Waals surface area contributed by atoms with Gasteiger partial charge in [-0.25, -0.2) is 0 Å². The van der Waals surface area contributed by atoms with Crippen molar-refractivity contribution >= 4 is 23.4 Å². The molecule has 0 N–H and O–H groups in total. The summed E-state index contributed by atoms with van der Waals surface area (Å²) in [5.41, 5.74) is 1.73. The van der Waals surface area contributed by atoms with Crippen LogP contribution in [0.15, 0.2) is 63.9 Å². The number of nitrogens with zero attached hydrogens (tertiary/aromatic N) is 3. The van der Waals surface area contributed by atoms with Crippen LogP contribution in [0.3, 0.4) is 0 Å². The summed E-state index contributed by atoms with van der Waals surface area (Å²) in [4.78, 5) is 15.7. The first kappa shape index (κ1) is 17.6. The lowest BCUT2D eigenvalue weighted by atomic mass is 10.2. The molecule has 0 saturated carbocycles. The van der Waals surface area contributed by atoms with Crippen LogP contribution in [0.1, 0.15) is 13.3 Å². The van der Waals surface area contributed by atoms with E-state index in [0.29, 0.717) is 17.7 Å². The fourth-order valence-electron chi connectivity index (χ4n) is 2.91. The lowest BCUT2D eigenvalue weighted by Gasteiger charge is -2.22. The Morgan fingerprint density at radius 2 is 1.96 bits per heavy atom. The number of ether oxygens (including phenoxy) is 1. The van der Waals surface area contributed by atoms with Crippen LogP contribution in [0.4, 0.5) is 5.69 Å². The molecule has 0 radical (unpaired) electrons. The van der Waals surface area contributed by atoms with E-state index >= 15 is 0 Å². The third-order valence-corrected chi connectivity index (χ3v) is 5.53. The second-order valence-electron chi connectivity index (χ2n) is 6.26. The average molecular weight is 381 g/mol. The first-order valence-corrected chi connectivity index (χ1v) is 9.66. The monoisotopic (exact) mass is 381 g/mol. The van der Waals surface area contributed by atoms with Crippen molar-refractivity contribution in [3.05, 3.63) is 54.6 Å². The molecule has 1 aliphatic rings. The molecule has 7 heteroatoms. The summed E-state index contributed by atoms with van der Waals surface area (Å²) < 4.78 is 11.0. The van der Waals surface area contributed by atoms with Gasteiger partial charge < -0.3 is 14.1 Å². The van der Waals surface area contributed by atoms with Gasteiger partial charge in [-0.15, -0.1) is 16.9 Å². The predicted octanol–water partition coefficient (Wildman–Crippen LogP) is 4.03. The highest BCUT2D eigenvalue weighted by molar-refractivity contribution is 8.00. The van der Waals surface area contributed by atoms with Gasteiger partial charge in [-0.05, 0) is 30.7 Å². The van der Waals surface area contributed by atoms with Crippen LogP contribution in [-0.4, -0.2) is 34.5 Å². The molecule has 27 heavy (non-hydrogen) atoms. The first-order valence-electron chi connectivity index (χ1n) is 8.78. The van der Waals surface area contributed by atoms with Gasteiger partial charge in [-0.3, -0.25) is 4.79 Å². The van der Waals surface area contributed by atoms with Gasteiger partial charge in [0, 0.05) is 22.3 Å². The normalized spacial score (nSPS) is 16.5. The maximum absolute atomic E-state index is 12.8. The zero-order valence-corrected chi connectivity index (χ0v) is 15.7. The van der Waals surface area contributed by atoms with Crippen molar-refractivity contribution in [3.8, 4) is 17.5 Å². The summed E-state index contributed by atoms with van der Waals surface area (Å²) in [6.45, 7) is 2.69. The topological polar surface area (TPSA) is 68.5 Å². The number of anilines is 1. The van der Waals surface area contributed by atoms with E-state index in [4.69, 9.17) is 9.15 Å². The Morgan fingerprint density at radius 3 is 2.81 bits per heavy atom. The Bertz CT molecular complexity index is 929. The largest absolute Gasteiger partial charge is 0.439 e. The smallest absolute Gasteiger partial charge is 0.415 e. The van der Waals surface area contributed by atoms with Crippen LogP contribution >= 0.6 is 11.8 Å². The minimum atomic E-state index is -0.149. The molecule has 1 aliphatic heterocycles. The van der Waals surface area contributed by atoms with Gasteiger partial charge in [0.25, 0.3) is 11.8 Å². The Balaban J connectivity index is 1.45. The van der Waals surface area contributed by atoms with Gasteiger partial charge in [0.2, 0.25) is 0 Å². The minimum absolute atomic E-state index is 0.00643. The highest BCUT2D eigenvalue weighted by Crippen LogP contribution is 2.37.